The van der Waals surface area contributed by atoms with Gasteiger partial charge in [0.2, 0.25) is 0 Å². The van der Waals surface area contributed by atoms with E-state index in [0.29, 0.717) is 11.4 Å². The average Bonchev–Trinajstić information content (AvgIpc) is 2.78. The molecule has 0 aliphatic rings. The fourth-order valence-electron chi connectivity index (χ4n) is 2.23. The number of hydrazone groups is 2. The van der Waals surface area contributed by atoms with Crippen LogP contribution < -0.4 is 10.9 Å². The summed E-state index contributed by atoms with van der Waals surface area (Å²) < 4.78 is 0. The van der Waals surface area contributed by atoms with E-state index in [2.05, 4.69) is 21.1 Å². The van der Waals surface area contributed by atoms with Crippen LogP contribution in [0.25, 0.3) is 12.2 Å². The minimum Gasteiger partial charge on any atom is -0.245 e. The lowest BCUT2D eigenvalue weighted by Gasteiger charge is -1.99. The van der Waals surface area contributed by atoms with Gasteiger partial charge in [-0.3, -0.25) is 0 Å². The number of nitrogens with one attached hydrogen (secondary N) is 2. The van der Waals surface area contributed by atoms with Gasteiger partial charge in [0.15, 0.2) is 0 Å². The molecule has 0 unspecified atom stereocenters. The first-order valence-corrected chi connectivity index (χ1v) is 9.57. The van der Waals surface area contributed by atoms with E-state index in [0.717, 1.165) is 11.1 Å². The van der Waals surface area contributed by atoms with Crippen LogP contribution in [0.5, 0.6) is 0 Å². The summed E-state index contributed by atoms with van der Waals surface area (Å²) in [5.74, 6) is 0. The monoisotopic (exact) mass is 398 g/mol. The van der Waals surface area contributed by atoms with Crippen molar-refractivity contribution in [2.45, 2.75) is 13.8 Å². The zero-order valence-corrected chi connectivity index (χ0v) is 17.2. The molecule has 0 aliphatic heterocycles. The van der Waals surface area contributed by atoms with Gasteiger partial charge >= 0.3 is 6.03 Å². The predicted octanol–water partition coefficient (Wildman–Crippen LogP) is 5.58. The maximum absolute atomic E-state index is 11.8. The van der Waals surface area contributed by atoms with Gasteiger partial charge in [-0.2, -0.15) is 10.2 Å². The van der Waals surface area contributed by atoms with Crippen molar-refractivity contribution < 1.29 is 4.79 Å². The smallest absolute Gasteiger partial charge is 0.245 e. The second-order valence-electron chi connectivity index (χ2n) is 6.32. The molecule has 5 nitrogen and oxygen atoms in total. The molecule has 0 radical (unpaired) electrons. The molecule has 2 rings (SSSR count). The summed E-state index contributed by atoms with van der Waals surface area (Å²) in [5.41, 5.74) is 8.36. The summed E-state index contributed by atoms with van der Waals surface area (Å²) in [6.07, 6.45) is 15.1. The Kier molecular flexibility index (Phi) is 9.84. The molecule has 0 saturated heterocycles. The largest absolute Gasteiger partial charge is 0.355 e. The Bertz CT molecular complexity index is 889. The van der Waals surface area contributed by atoms with Crippen LogP contribution in [0.3, 0.4) is 0 Å². The Hall–Kier alpha value is -3.99. The van der Waals surface area contributed by atoms with Gasteiger partial charge in [-0.25, -0.2) is 15.6 Å². The molecule has 0 aromatic heterocycles. The van der Waals surface area contributed by atoms with Crippen LogP contribution in [0, 0.1) is 0 Å². The molecule has 0 bridgehead atoms. The lowest BCUT2D eigenvalue weighted by molar-refractivity contribution is 0.242. The Morgan fingerprint density at radius 1 is 0.667 bits per heavy atom. The quantitative estimate of drug-likeness (QED) is 0.340. The van der Waals surface area contributed by atoms with Crippen molar-refractivity contribution in [3.05, 3.63) is 108 Å². The van der Waals surface area contributed by atoms with Crippen molar-refractivity contribution in [1.29, 1.82) is 0 Å². The van der Waals surface area contributed by atoms with Gasteiger partial charge in [-0.1, -0.05) is 97.1 Å². The minimum absolute atomic E-state index is 0.504. The van der Waals surface area contributed by atoms with E-state index < -0.39 is 6.03 Å². The van der Waals surface area contributed by atoms with Gasteiger partial charge in [0.1, 0.15) is 0 Å². The number of amides is 2. The number of hydrogen-bond donors (Lipinski definition) is 2. The summed E-state index contributed by atoms with van der Waals surface area (Å²) in [7, 11) is 0. The first-order chi connectivity index (χ1) is 14.6. The molecule has 0 spiro atoms. The molecular formula is C25H26N4O. The number of allylic oxidation sites excluding steroid dienone is 6. The molecule has 0 atom stereocenters. The molecule has 0 fully saturated rings. The highest BCUT2D eigenvalue weighted by molar-refractivity contribution is 5.95. The SMILES string of the molecule is CC(C=CC=Cc1ccccc1)=NNC(=O)NN=C(C)C=CC=Cc1ccccc1. The van der Waals surface area contributed by atoms with E-state index in [1.54, 1.807) is 26.0 Å². The van der Waals surface area contributed by atoms with Crippen LogP contribution in [-0.4, -0.2) is 17.5 Å². The van der Waals surface area contributed by atoms with Crippen LogP contribution in [-0.2, 0) is 0 Å². The molecule has 2 aromatic rings. The van der Waals surface area contributed by atoms with Crippen molar-refractivity contribution in [1.82, 2.24) is 10.9 Å². The second kappa shape index (κ2) is 13.2. The number of benzene rings is 2. The minimum atomic E-state index is -0.504. The third-order valence-corrected chi connectivity index (χ3v) is 3.74. The van der Waals surface area contributed by atoms with E-state index in [4.69, 9.17) is 0 Å². The van der Waals surface area contributed by atoms with Gasteiger partial charge in [-0.15, -0.1) is 0 Å². The summed E-state index contributed by atoms with van der Waals surface area (Å²) >= 11 is 0. The van der Waals surface area contributed by atoms with E-state index in [1.807, 2.05) is 97.1 Å². The molecular weight excluding hydrogens is 372 g/mol. The summed E-state index contributed by atoms with van der Waals surface area (Å²) in [6.45, 7) is 3.59. The van der Waals surface area contributed by atoms with Crippen LogP contribution in [0.1, 0.15) is 25.0 Å². The topological polar surface area (TPSA) is 65.8 Å². The number of nitrogens with zero attached hydrogens (tertiary/aromatic N) is 2. The zero-order chi connectivity index (χ0) is 21.4. The summed E-state index contributed by atoms with van der Waals surface area (Å²) in [4.78, 5) is 11.8. The standard InChI is InChI=1S/C25H26N4O/c1-21(13-9-11-19-23-15-5-3-6-16-23)26-28-25(30)29-27-22(2)14-10-12-20-24-17-7-4-8-18-24/h3-20H,1-2H3,(H2,28,29,30). The van der Waals surface area contributed by atoms with E-state index in [-0.39, 0.29) is 0 Å². The highest BCUT2D eigenvalue weighted by Gasteiger charge is 1.95. The van der Waals surface area contributed by atoms with Crippen LogP contribution in [0.15, 0.2) is 107 Å². The van der Waals surface area contributed by atoms with Crippen molar-refractivity contribution in [2.24, 2.45) is 10.2 Å². The molecule has 152 valence electrons. The Labute approximate surface area is 177 Å². The molecule has 2 aromatic carbocycles. The van der Waals surface area contributed by atoms with Crippen molar-refractivity contribution in [2.75, 3.05) is 0 Å². The first kappa shape index (κ1) is 22.3. The lowest BCUT2D eigenvalue weighted by atomic mass is 10.2. The first-order valence-electron chi connectivity index (χ1n) is 9.57. The molecule has 5 heteroatoms. The number of rotatable bonds is 8. The third kappa shape index (κ3) is 9.80. The van der Waals surface area contributed by atoms with Crippen LogP contribution in [0.4, 0.5) is 4.79 Å². The Morgan fingerprint density at radius 2 is 1.07 bits per heavy atom. The summed E-state index contributed by atoms with van der Waals surface area (Å²) in [6, 6.07) is 19.5. The van der Waals surface area contributed by atoms with Gasteiger partial charge in [0.25, 0.3) is 0 Å². The predicted molar refractivity (Wildman–Crippen MR) is 127 cm³/mol. The van der Waals surface area contributed by atoms with Crippen molar-refractivity contribution in [3.8, 4) is 0 Å². The molecule has 0 heterocycles. The normalized spacial score (nSPS) is 13.0. The Morgan fingerprint density at radius 3 is 1.47 bits per heavy atom. The van der Waals surface area contributed by atoms with E-state index in [1.165, 1.54) is 0 Å². The number of carbonyl (C=O) groups is 1. The number of urea groups is 1. The lowest BCUT2D eigenvalue weighted by Crippen LogP contribution is -2.29. The number of hydrogen-bond acceptors (Lipinski definition) is 3. The fourth-order valence-corrected chi connectivity index (χ4v) is 2.23. The van der Waals surface area contributed by atoms with Crippen LogP contribution in [0.2, 0.25) is 0 Å². The van der Waals surface area contributed by atoms with Gasteiger partial charge in [-0.05, 0) is 37.1 Å². The van der Waals surface area contributed by atoms with Crippen LogP contribution >= 0.6 is 0 Å². The third-order valence-electron chi connectivity index (χ3n) is 3.74. The molecule has 0 saturated carbocycles. The fraction of sp³-hybridized carbons (Fsp3) is 0.0800. The maximum atomic E-state index is 11.8. The number of carbonyl (C=O) groups excluding carboxylic acids is 1. The van der Waals surface area contributed by atoms with Gasteiger partial charge < -0.3 is 0 Å². The summed E-state index contributed by atoms with van der Waals surface area (Å²) in [5, 5.41) is 7.98. The molecule has 0 aliphatic carbocycles. The molecule has 30 heavy (non-hydrogen) atoms. The van der Waals surface area contributed by atoms with E-state index >= 15 is 0 Å². The van der Waals surface area contributed by atoms with Gasteiger partial charge in [0.05, 0.1) is 11.4 Å². The van der Waals surface area contributed by atoms with Gasteiger partial charge in [0, 0.05) is 0 Å². The molecule has 2 amide bonds. The van der Waals surface area contributed by atoms with E-state index in [9.17, 15) is 4.79 Å². The highest BCUT2D eigenvalue weighted by Crippen LogP contribution is 2.01. The maximum Gasteiger partial charge on any atom is 0.355 e. The zero-order valence-electron chi connectivity index (χ0n) is 17.2. The highest BCUT2D eigenvalue weighted by atomic mass is 16.2. The van der Waals surface area contributed by atoms with Crippen molar-refractivity contribution in [3.63, 3.8) is 0 Å². The Balaban J connectivity index is 1.73. The second-order valence-corrected chi connectivity index (χ2v) is 6.32. The van der Waals surface area contributed by atoms with Crippen molar-refractivity contribution >= 4 is 29.6 Å². The average molecular weight is 399 g/mol. The molecule has 2 N–H and O–H groups in total.